The Bertz CT molecular complexity index is 1800. The van der Waals surface area contributed by atoms with Crippen LogP contribution in [0.2, 0.25) is 0 Å². The van der Waals surface area contributed by atoms with Crippen LogP contribution < -0.4 is 37.6 Å². The van der Waals surface area contributed by atoms with Crippen LogP contribution in [0, 0.1) is 5.92 Å². The molecular weight excluding hydrogens is 713 g/mol. The zero-order chi connectivity index (χ0) is 39.2. The van der Waals surface area contributed by atoms with Crippen LogP contribution >= 0.6 is 11.8 Å². The summed E-state index contributed by atoms with van der Waals surface area (Å²) < 4.78 is 0. The molecule has 54 heavy (non-hydrogen) atoms. The number of rotatable bonds is 12. The van der Waals surface area contributed by atoms with Crippen molar-refractivity contribution in [3.05, 3.63) is 71.9 Å². The van der Waals surface area contributed by atoms with Crippen LogP contribution in [0.3, 0.4) is 0 Å². The maximum absolute atomic E-state index is 14.2. The second-order valence-electron chi connectivity index (χ2n) is 13.8. The number of H-pyrrole nitrogens is 1. The van der Waals surface area contributed by atoms with Gasteiger partial charge in [0.1, 0.15) is 30.2 Å². The Morgan fingerprint density at radius 2 is 1.30 bits per heavy atom. The average Bonchev–Trinajstić information content (AvgIpc) is 3.55. The van der Waals surface area contributed by atoms with Gasteiger partial charge in [-0.2, -0.15) is 11.8 Å². The molecule has 0 aliphatic carbocycles. The lowest BCUT2D eigenvalue weighted by Gasteiger charge is -2.28. The van der Waals surface area contributed by atoms with E-state index in [1.807, 2.05) is 50.4 Å². The van der Waals surface area contributed by atoms with Gasteiger partial charge in [-0.25, -0.2) is 0 Å². The Kier molecular flexibility index (Phi) is 15.5. The first kappa shape index (κ1) is 41.4. The number of hydrogen-bond donors (Lipinski definition) is 8. The number of thioether (sulfide) groups is 1. The Balaban J connectivity index is 1.75. The van der Waals surface area contributed by atoms with Crippen LogP contribution in [-0.4, -0.2) is 95.1 Å². The molecule has 2 heterocycles. The van der Waals surface area contributed by atoms with Crippen LogP contribution in [0.25, 0.3) is 10.9 Å². The van der Waals surface area contributed by atoms with Gasteiger partial charge in [0.25, 0.3) is 0 Å². The van der Waals surface area contributed by atoms with Gasteiger partial charge in [-0.05, 0) is 54.4 Å². The molecule has 4 rings (SSSR count). The van der Waals surface area contributed by atoms with E-state index in [1.54, 1.807) is 30.5 Å². The van der Waals surface area contributed by atoms with Gasteiger partial charge in [-0.1, -0.05) is 62.4 Å². The van der Waals surface area contributed by atoms with Crippen LogP contribution in [-0.2, 0) is 46.4 Å². The normalized spacial score (nSPS) is 22.3. The average molecular weight is 763 g/mol. The molecule has 1 fully saturated rings. The highest BCUT2D eigenvalue weighted by Crippen LogP contribution is 2.20. The number of aromatic amines is 1. The number of hydrogen-bond acceptors (Lipinski definition) is 8. The van der Waals surface area contributed by atoms with E-state index in [0.29, 0.717) is 11.3 Å². The van der Waals surface area contributed by atoms with Gasteiger partial charge in [0.2, 0.25) is 41.4 Å². The van der Waals surface area contributed by atoms with E-state index in [4.69, 9.17) is 5.73 Å². The minimum atomic E-state index is -1.33. The van der Waals surface area contributed by atoms with E-state index >= 15 is 0 Å². The molecule has 1 aliphatic rings. The number of para-hydroxylation sites is 1. The number of fused-ring (bicyclic) bond motifs is 1. The van der Waals surface area contributed by atoms with Crippen molar-refractivity contribution >= 4 is 64.0 Å². The summed E-state index contributed by atoms with van der Waals surface area (Å²) in [6.45, 7) is 3.25. The number of carbonyl (C=O) groups excluding carboxylic acids is 7. The Labute approximate surface area is 318 Å². The smallest absolute Gasteiger partial charge is 0.243 e. The zero-order valence-corrected chi connectivity index (χ0v) is 31.6. The highest BCUT2D eigenvalue weighted by atomic mass is 32.2. The van der Waals surface area contributed by atoms with E-state index in [-0.39, 0.29) is 44.4 Å². The van der Waals surface area contributed by atoms with Crippen LogP contribution in [0.15, 0.2) is 60.8 Å². The number of nitrogens with two attached hydrogens (primary N) is 1. The molecule has 9 N–H and O–H groups in total. The summed E-state index contributed by atoms with van der Waals surface area (Å²) in [4.78, 5) is 97.6. The van der Waals surface area contributed by atoms with Crippen molar-refractivity contribution in [2.24, 2.45) is 11.7 Å². The van der Waals surface area contributed by atoms with Gasteiger partial charge in [0, 0.05) is 36.4 Å². The van der Waals surface area contributed by atoms with Crippen molar-refractivity contribution < 1.29 is 33.6 Å². The van der Waals surface area contributed by atoms with Gasteiger partial charge in [0.05, 0.1) is 6.54 Å². The summed E-state index contributed by atoms with van der Waals surface area (Å²) in [7, 11) is 0. The van der Waals surface area contributed by atoms with Crippen molar-refractivity contribution in [3.63, 3.8) is 0 Å². The van der Waals surface area contributed by atoms with Crippen LogP contribution in [0.1, 0.15) is 50.7 Å². The lowest BCUT2D eigenvalue weighted by molar-refractivity contribution is -0.136. The first-order valence-corrected chi connectivity index (χ1v) is 19.4. The Morgan fingerprint density at radius 1 is 0.722 bits per heavy atom. The van der Waals surface area contributed by atoms with E-state index in [1.165, 1.54) is 11.8 Å². The number of nitrogens with one attached hydrogen (secondary N) is 7. The van der Waals surface area contributed by atoms with Crippen molar-refractivity contribution in [3.8, 4) is 0 Å². The fourth-order valence-corrected chi connectivity index (χ4v) is 6.65. The third-order valence-corrected chi connectivity index (χ3v) is 9.63. The summed E-state index contributed by atoms with van der Waals surface area (Å²) in [5.74, 6) is -4.34. The van der Waals surface area contributed by atoms with E-state index < -0.39 is 78.1 Å². The van der Waals surface area contributed by atoms with Gasteiger partial charge in [-0.3, -0.25) is 33.6 Å². The molecule has 3 aromatic rings. The van der Waals surface area contributed by atoms with Crippen molar-refractivity contribution in [2.75, 3.05) is 18.6 Å². The zero-order valence-electron chi connectivity index (χ0n) is 30.7. The van der Waals surface area contributed by atoms with Gasteiger partial charge < -0.3 is 42.6 Å². The molecule has 290 valence electrons. The number of benzene rings is 2. The monoisotopic (exact) mass is 762 g/mol. The van der Waals surface area contributed by atoms with E-state index in [9.17, 15) is 33.6 Å². The third-order valence-electron chi connectivity index (χ3n) is 8.99. The lowest BCUT2D eigenvalue weighted by Crippen LogP contribution is -2.60. The molecule has 5 atom stereocenters. The molecule has 0 radical (unpaired) electrons. The molecule has 7 amide bonds. The van der Waals surface area contributed by atoms with Crippen LogP contribution in [0.5, 0.6) is 0 Å². The molecule has 1 aromatic heterocycles. The molecule has 0 bridgehead atoms. The first-order chi connectivity index (χ1) is 25.8. The molecule has 16 heteroatoms. The number of carbonyl (C=O) groups is 7. The summed E-state index contributed by atoms with van der Waals surface area (Å²) in [5.41, 5.74) is 7.66. The maximum atomic E-state index is 14.2. The standard InChI is InChI=1S/C38H50N8O7S/c1-22(2)17-29-37(52)44-28(15-16-54-3)36(51)43-27(13-14-32(39)47)35(50)46-31(19-24-20-40-26-12-8-7-11-25(24)26)38(53)45-30(18-23-9-5-4-6-10-23)34(49)41-21-33(48)42-29/h4-12,20,22,27-31,40H,13-19,21H2,1-3H3,(H2,39,47)(H,41,49)(H,42,48)(H,43,51)(H,44,52)(H,45,53)(H,46,50)/t27-,28-,29-,30-,31?/m0/s1. The second kappa shape index (κ2) is 20.2. The predicted molar refractivity (Wildman–Crippen MR) is 206 cm³/mol. The number of amides is 7. The van der Waals surface area contributed by atoms with Crippen molar-refractivity contribution in [1.29, 1.82) is 0 Å². The minimum absolute atomic E-state index is 0.0101. The summed E-state index contributed by atoms with van der Waals surface area (Å²) >= 11 is 1.44. The van der Waals surface area contributed by atoms with Crippen LogP contribution in [0.4, 0.5) is 0 Å². The van der Waals surface area contributed by atoms with Crippen molar-refractivity contribution in [1.82, 2.24) is 36.9 Å². The second-order valence-corrected chi connectivity index (χ2v) is 14.7. The van der Waals surface area contributed by atoms with E-state index in [2.05, 4.69) is 36.9 Å². The van der Waals surface area contributed by atoms with Gasteiger partial charge in [-0.15, -0.1) is 0 Å². The Hall–Kier alpha value is -5.38. The lowest BCUT2D eigenvalue weighted by atomic mass is 10.0. The van der Waals surface area contributed by atoms with Gasteiger partial charge >= 0.3 is 0 Å². The molecule has 0 saturated carbocycles. The molecule has 1 saturated heterocycles. The maximum Gasteiger partial charge on any atom is 0.243 e. The minimum Gasteiger partial charge on any atom is -0.370 e. The molecule has 2 aromatic carbocycles. The highest BCUT2D eigenvalue weighted by Gasteiger charge is 2.34. The quantitative estimate of drug-likeness (QED) is 0.130. The summed E-state index contributed by atoms with van der Waals surface area (Å²) in [6, 6.07) is 10.5. The topological polar surface area (TPSA) is 233 Å². The molecule has 1 aliphatic heterocycles. The molecule has 15 nitrogen and oxygen atoms in total. The summed E-state index contributed by atoms with van der Waals surface area (Å²) in [6.07, 6.45) is 3.57. The predicted octanol–water partition coefficient (Wildman–Crippen LogP) is 0.572. The molecule has 0 spiro atoms. The van der Waals surface area contributed by atoms with Crippen molar-refractivity contribution in [2.45, 2.75) is 82.6 Å². The third kappa shape index (κ3) is 12.4. The fourth-order valence-electron chi connectivity index (χ4n) is 6.18. The number of aromatic nitrogens is 1. The summed E-state index contributed by atoms with van der Waals surface area (Å²) in [5, 5.41) is 17.0. The first-order valence-electron chi connectivity index (χ1n) is 18.0. The SMILES string of the molecule is CSCC[C@@H]1NC(=O)[C@H](CC(C)C)NC(=O)CNC(=O)[C@H](Cc2ccccc2)NC(=O)C(Cc2c[nH]c3ccccc23)NC(=O)[C@H](CCC(N)=O)NC1=O. The largest absolute Gasteiger partial charge is 0.370 e. The Morgan fingerprint density at radius 3 is 1.94 bits per heavy atom. The molecular formula is C38H50N8O7S. The fraction of sp³-hybridized carbons (Fsp3) is 0.447. The molecule has 1 unspecified atom stereocenters. The van der Waals surface area contributed by atoms with E-state index in [0.717, 1.165) is 16.5 Å². The number of primary amides is 1. The highest BCUT2D eigenvalue weighted by molar-refractivity contribution is 7.98. The van der Waals surface area contributed by atoms with Gasteiger partial charge in [0.15, 0.2) is 0 Å².